The lowest BCUT2D eigenvalue weighted by atomic mass is 9.81. The van der Waals surface area contributed by atoms with Crippen LogP contribution in [0.3, 0.4) is 0 Å². The number of benzene rings is 5. The summed E-state index contributed by atoms with van der Waals surface area (Å²) in [5, 5.41) is 13.7. The van der Waals surface area contributed by atoms with Crippen LogP contribution in [0, 0.1) is 0 Å². The van der Waals surface area contributed by atoms with E-state index in [1.807, 2.05) is 36.4 Å². The molecule has 0 bridgehead atoms. The van der Waals surface area contributed by atoms with Crippen LogP contribution in [0.2, 0.25) is 0 Å². The minimum Gasteiger partial charge on any atom is -0.350 e. The van der Waals surface area contributed by atoms with E-state index in [1.165, 1.54) is 0 Å². The maximum absolute atomic E-state index is 13.7. The summed E-state index contributed by atoms with van der Waals surface area (Å²) in [7, 11) is 0. The molecule has 0 aliphatic heterocycles. The molecule has 3 N–H and O–H groups in total. The lowest BCUT2D eigenvalue weighted by Gasteiger charge is -2.27. The molecule has 0 unspecified atom stereocenters. The molecule has 0 spiro atoms. The number of carbonyl (C=O) groups is 2. The molecule has 3 amide bonds. The summed E-state index contributed by atoms with van der Waals surface area (Å²) < 4.78 is 0. The molecule has 5 heteroatoms. The standard InChI is InChI=1S/C39H43N3O2/c1-38(2,3)32-19-20-33(39(4,5)6)34(24-32)41-37(44)42-35(23-26-15-17-28-11-7-9-13-30(28)21-26)36(43)40-25-27-16-18-29-12-8-10-14-31(29)22-27/h7-22,24,35H,23,25H2,1-6H3,(H,40,43)(H2,41,42,44)/t35-/m1/s1. The zero-order valence-electron chi connectivity index (χ0n) is 26.6. The Morgan fingerprint density at radius 2 is 1.20 bits per heavy atom. The molecule has 0 radical (unpaired) electrons. The molecule has 0 fully saturated rings. The third-order valence-electron chi connectivity index (χ3n) is 8.10. The van der Waals surface area contributed by atoms with Gasteiger partial charge in [-0.15, -0.1) is 0 Å². The van der Waals surface area contributed by atoms with Crippen molar-refractivity contribution in [1.82, 2.24) is 10.6 Å². The first-order chi connectivity index (χ1) is 20.9. The SMILES string of the molecule is CC(C)(C)c1ccc(C(C)(C)C)c(NC(=O)N[C@H](Cc2ccc3ccccc3c2)C(=O)NCc2ccc3ccccc3c2)c1. The van der Waals surface area contributed by atoms with E-state index in [0.29, 0.717) is 13.0 Å². The number of rotatable bonds is 7. The molecule has 226 valence electrons. The fraction of sp³-hybridized carbons (Fsp3) is 0.282. The number of carbonyl (C=O) groups excluding carboxylic acids is 2. The molecule has 5 rings (SSSR count). The summed E-state index contributed by atoms with van der Waals surface area (Å²) in [5.74, 6) is -0.235. The van der Waals surface area contributed by atoms with Crippen LogP contribution in [0.15, 0.2) is 103 Å². The number of hydrogen-bond donors (Lipinski definition) is 3. The van der Waals surface area contributed by atoms with Crippen LogP contribution in [0.1, 0.15) is 63.8 Å². The summed E-state index contributed by atoms with van der Waals surface area (Å²) in [4.78, 5) is 27.3. The van der Waals surface area contributed by atoms with Crippen molar-refractivity contribution in [3.8, 4) is 0 Å². The van der Waals surface area contributed by atoms with E-state index in [-0.39, 0.29) is 16.7 Å². The molecule has 0 heterocycles. The van der Waals surface area contributed by atoms with Crippen LogP contribution >= 0.6 is 0 Å². The molecule has 0 aliphatic rings. The van der Waals surface area contributed by atoms with Gasteiger partial charge in [-0.2, -0.15) is 0 Å². The third-order valence-corrected chi connectivity index (χ3v) is 8.10. The van der Waals surface area contributed by atoms with Crippen LogP contribution in [-0.4, -0.2) is 18.0 Å². The second kappa shape index (κ2) is 12.5. The summed E-state index contributed by atoms with van der Waals surface area (Å²) in [6.07, 6.45) is 0.357. The second-order valence-corrected chi connectivity index (χ2v) is 13.7. The average Bonchev–Trinajstić information content (AvgIpc) is 2.98. The molecule has 0 aliphatic carbocycles. The van der Waals surface area contributed by atoms with E-state index in [0.717, 1.165) is 49.5 Å². The van der Waals surface area contributed by atoms with Crippen molar-refractivity contribution in [2.75, 3.05) is 5.32 Å². The van der Waals surface area contributed by atoms with Gasteiger partial charge in [0.1, 0.15) is 6.04 Å². The van der Waals surface area contributed by atoms with E-state index in [1.54, 1.807) is 0 Å². The van der Waals surface area contributed by atoms with Gasteiger partial charge < -0.3 is 16.0 Å². The topological polar surface area (TPSA) is 70.2 Å². The number of hydrogen-bond acceptors (Lipinski definition) is 2. The van der Waals surface area contributed by atoms with Crippen molar-refractivity contribution in [3.05, 3.63) is 125 Å². The lowest BCUT2D eigenvalue weighted by molar-refractivity contribution is -0.123. The maximum Gasteiger partial charge on any atom is 0.319 e. The zero-order chi connectivity index (χ0) is 31.5. The fourth-order valence-electron chi connectivity index (χ4n) is 5.56. The minimum absolute atomic E-state index is 0.0788. The Balaban J connectivity index is 1.38. The Morgan fingerprint density at radius 3 is 1.80 bits per heavy atom. The highest BCUT2D eigenvalue weighted by Crippen LogP contribution is 2.34. The van der Waals surface area contributed by atoms with Crippen LogP contribution in [0.25, 0.3) is 21.5 Å². The van der Waals surface area contributed by atoms with Gasteiger partial charge in [0, 0.05) is 18.7 Å². The molecule has 5 aromatic carbocycles. The van der Waals surface area contributed by atoms with E-state index in [9.17, 15) is 9.59 Å². The van der Waals surface area contributed by atoms with E-state index < -0.39 is 12.1 Å². The molecule has 0 saturated carbocycles. The number of fused-ring (bicyclic) bond motifs is 2. The van der Waals surface area contributed by atoms with Crippen molar-refractivity contribution < 1.29 is 9.59 Å². The van der Waals surface area contributed by atoms with Crippen molar-refractivity contribution in [1.29, 1.82) is 0 Å². The van der Waals surface area contributed by atoms with Gasteiger partial charge >= 0.3 is 6.03 Å². The van der Waals surface area contributed by atoms with E-state index in [2.05, 4.69) is 124 Å². The van der Waals surface area contributed by atoms with Crippen molar-refractivity contribution in [2.45, 2.75) is 71.4 Å². The highest BCUT2D eigenvalue weighted by Gasteiger charge is 2.25. The molecular formula is C39H43N3O2. The van der Waals surface area contributed by atoms with E-state index in [4.69, 9.17) is 0 Å². The first-order valence-electron chi connectivity index (χ1n) is 15.3. The van der Waals surface area contributed by atoms with Gasteiger partial charge in [0.25, 0.3) is 0 Å². The zero-order valence-corrected chi connectivity index (χ0v) is 26.6. The highest BCUT2D eigenvalue weighted by molar-refractivity contribution is 5.95. The third kappa shape index (κ3) is 7.46. The molecule has 5 nitrogen and oxygen atoms in total. The Kier molecular flexibility index (Phi) is 8.78. The monoisotopic (exact) mass is 585 g/mol. The average molecular weight is 586 g/mol. The van der Waals surface area contributed by atoms with Gasteiger partial charge in [0.15, 0.2) is 0 Å². The van der Waals surface area contributed by atoms with Crippen molar-refractivity contribution in [3.63, 3.8) is 0 Å². The molecule has 44 heavy (non-hydrogen) atoms. The molecule has 5 aromatic rings. The Bertz CT molecular complexity index is 1810. The summed E-state index contributed by atoms with van der Waals surface area (Å²) in [6.45, 7) is 13.2. The summed E-state index contributed by atoms with van der Waals surface area (Å²) in [5.41, 5.74) is 4.63. The lowest BCUT2D eigenvalue weighted by Crippen LogP contribution is -2.49. The van der Waals surface area contributed by atoms with Crippen LogP contribution < -0.4 is 16.0 Å². The number of nitrogens with one attached hydrogen (secondary N) is 3. The Morgan fingerprint density at radius 1 is 0.636 bits per heavy atom. The number of amides is 3. The first kappa shape index (κ1) is 30.8. The fourth-order valence-corrected chi connectivity index (χ4v) is 5.56. The quantitative estimate of drug-likeness (QED) is 0.179. The van der Waals surface area contributed by atoms with Gasteiger partial charge in [-0.25, -0.2) is 4.79 Å². The van der Waals surface area contributed by atoms with Crippen molar-refractivity contribution >= 4 is 39.2 Å². The number of urea groups is 1. The normalized spacial score (nSPS) is 12.6. The van der Waals surface area contributed by atoms with Crippen molar-refractivity contribution in [2.24, 2.45) is 0 Å². The van der Waals surface area contributed by atoms with Gasteiger partial charge in [-0.1, -0.05) is 133 Å². The molecular weight excluding hydrogens is 542 g/mol. The van der Waals surface area contributed by atoms with E-state index >= 15 is 0 Å². The number of anilines is 1. The summed E-state index contributed by atoms with van der Waals surface area (Å²) in [6, 6.07) is 33.7. The summed E-state index contributed by atoms with van der Waals surface area (Å²) >= 11 is 0. The van der Waals surface area contributed by atoms with Crippen LogP contribution in [-0.2, 0) is 28.6 Å². The smallest absolute Gasteiger partial charge is 0.319 e. The van der Waals surface area contributed by atoms with Gasteiger partial charge in [0.2, 0.25) is 5.91 Å². The minimum atomic E-state index is -0.777. The first-order valence-corrected chi connectivity index (χ1v) is 15.3. The second-order valence-electron chi connectivity index (χ2n) is 13.7. The maximum atomic E-state index is 13.7. The van der Waals surface area contributed by atoms with Crippen LogP contribution in [0.4, 0.5) is 10.5 Å². The molecule has 0 aromatic heterocycles. The Labute approximate surface area is 261 Å². The van der Waals surface area contributed by atoms with Gasteiger partial charge in [-0.05, 0) is 66.8 Å². The van der Waals surface area contributed by atoms with Crippen LogP contribution in [0.5, 0.6) is 0 Å². The largest absolute Gasteiger partial charge is 0.350 e. The highest BCUT2D eigenvalue weighted by atomic mass is 16.2. The molecule has 0 saturated heterocycles. The predicted octanol–water partition coefficient (Wildman–Crippen LogP) is 8.64. The Hall–Kier alpha value is -4.64. The van der Waals surface area contributed by atoms with Gasteiger partial charge in [0.05, 0.1) is 0 Å². The molecule has 1 atom stereocenters. The van der Waals surface area contributed by atoms with Gasteiger partial charge in [-0.3, -0.25) is 4.79 Å². The predicted molar refractivity (Wildman–Crippen MR) is 183 cm³/mol.